The number of Topliss-reactive ketones (excluding diaryl/α,β-unsaturated/α-hetero) is 1. The molecule has 0 bridgehead atoms. The number of rotatable bonds is 8. The summed E-state index contributed by atoms with van der Waals surface area (Å²) in [6.45, 7) is 2.28. The summed E-state index contributed by atoms with van der Waals surface area (Å²) < 4.78 is 54.1. The van der Waals surface area contributed by atoms with Crippen LogP contribution >= 0.6 is 0 Å². The second-order valence-corrected chi connectivity index (χ2v) is 7.82. The minimum Gasteiger partial charge on any atom is -0.392 e. The van der Waals surface area contributed by atoms with Crippen molar-refractivity contribution < 1.29 is 32.3 Å². The zero-order chi connectivity index (χ0) is 21.9. The molecule has 2 rings (SSSR count). The van der Waals surface area contributed by atoms with Crippen LogP contribution in [0, 0.1) is 17.5 Å². The monoisotopic (exact) mass is 419 g/mol. The van der Waals surface area contributed by atoms with Crippen LogP contribution in [0.15, 0.2) is 12.1 Å². The molecule has 0 saturated carbocycles. The molecule has 1 aromatic rings. The van der Waals surface area contributed by atoms with Gasteiger partial charge in [-0.15, -0.1) is 0 Å². The van der Waals surface area contributed by atoms with Crippen molar-refractivity contribution in [3.05, 3.63) is 35.1 Å². The Kier molecular flexibility index (Phi) is 7.36. The third-order valence-corrected chi connectivity index (χ3v) is 4.75. The number of hydrogen-bond acceptors (Lipinski definition) is 5. The van der Waals surface area contributed by atoms with Gasteiger partial charge in [0.25, 0.3) is 5.91 Å². The van der Waals surface area contributed by atoms with E-state index in [1.54, 1.807) is 0 Å². The third kappa shape index (κ3) is 6.22. The summed E-state index contributed by atoms with van der Waals surface area (Å²) in [5.41, 5.74) is 3.46. The first kappa shape index (κ1) is 23.2. The average Bonchev–Trinajstić information content (AvgIpc) is 3.02. The molecule has 10 heteroatoms. The Bertz CT molecular complexity index is 770. The number of amides is 1. The molecule has 5 N–H and O–H groups in total. The van der Waals surface area contributed by atoms with Gasteiger partial charge < -0.3 is 21.5 Å². The topological polar surface area (TPSA) is 104 Å². The zero-order valence-corrected chi connectivity index (χ0v) is 16.1. The molecule has 0 aliphatic carbocycles. The Labute approximate surface area is 165 Å². The maximum atomic E-state index is 13.9. The van der Waals surface area contributed by atoms with E-state index in [0.717, 1.165) is 13.8 Å². The molecule has 1 fully saturated rings. The lowest BCUT2D eigenvalue weighted by atomic mass is 9.93. The maximum absolute atomic E-state index is 13.9. The van der Waals surface area contributed by atoms with Crippen LogP contribution in [0.2, 0.25) is 0 Å². The Balaban J connectivity index is 2.10. The van der Waals surface area contributed by atoms with Gasteiger partial charge in [-0.25, -0.2) is 17.6 Å². The van der Waals surface area contributed by atoms with Gasteiger partial charge >= 0.3 is 0 Å². The van der Waals surface area contributed by atoms with Crippen molar-refractivity contribution in [3.63, 3.8) is 0 Å². The van der Waals surface area contributed by atoms with E-state index in [-0.39, 0.29) is 31.4 Å². The third-order valence-electron chi connectivity index (χ3n) is 4.75. The summed E-state index contributed by atoms with van der Waals surface area (Å²) >= 11 is 0. The van der Waals surface area contributed by atoms with E-state index in [0.29, 0.717) is 12.1 Å². The van der Waals surface area contributed by atoms with Gasteiger partial charge in [-0.3, -0.25) is 9.59 Å². The summed E-state index contributed by atoms with van der Waals surface area (Å²) in [6, 6.07) is -1.66. The van der Waals surface area contributed by atoms with E-state index in [2.05, 4.69) is 10.6 Å². The van der Waals surface area contributed by atoms with E-state index in [9.17, 15) is 32.3 Å². The highest BCUT2D eigenvalue weighted by molar-refractivity contribution is 5.92. The molecule has 1 aliphatic rings. The van der Waals surface area contributed by atoms with E-state index in [1.807, 2.05) is 0 Å². The first-order valence-electron chi connectivity index (χ1n) is 9.21. The van der Waals surface area contributed by atoms with Crippen molar-refractivity contribution in [1.82, 2.24) is 10.6 Å². The number of aliphatic hydroxyl groups excluding tert-OH is 1. The Morgan fingerprint density at radius 1 is 1.28 bits per heavy atom. The standard InChI is InChI=1S/C19H25F4N3O3/c1-19(2,23)18(29)26-17(15-6-11(27)8-25-15)16(28)5-10(24)3-9-4-13(21)14(22)7-12(9)20/h4,7,10-11,15,17,25,27H,3,5-6,8,24H2,1-2H3,(H,26,29)/t10?,11-,15-,17?/m0/s1. The zero-order valence-electron chi connectivity index (χ0n) is 16.1. The van der Waals surface area contributed by atoms with Crippen LogP contribution in [0.5, 0.6) is 0 Å². The fraction of sp³-hybridized carbons (Fsp3) is 0.579. The summed E-state index contributed by atoms with van der Waals surface area (Å²) in [6.07, 6.45) is -1.14. The fourth-order valence-electron chi connectivity index (χ4n) is 3.18. The second kappa shape index (κ2) is 9.19. The molecule has 1 saturated heterocycles. The quantitative estimate of drug-likeness (QED) is 0.370. The lowest BCUT2D eigenvalue weighted by Crippen LogP contribution is -2.56. The van der Waals surface area contributed by atoms with Gasteiger partial charge in [-0.05, 0) is 38.3 Å². The molecule has 1 amide bonds. The van der Waals surface area contributed by atoms with E-state index < -0.39 is 59.0 Å². The van der Waals surface area contributed by atoms with Gasteiger partial charge in [-0.1, -0.05) is 0 Å². The highest BCUT2D eigenvalue weighted by Crippen LogP contribution is 2.18. The number of nitrogens with two attached hydrogens (primary N) is 1. The van der Waals surface area contributed by atoms with Gasteiger partial charge in [0.15, 0.2) is 23.1 Å². The molecule has 2 unspecified atom stereocenters. The molecular weight excluding hydrogens is 394 g/mol. The molecule has 1 heterocycles. The number of nitrogens with one attached hydrogen (secondary N) is 2. The minimum absolute atomic E-state index is 0.163. The van der Waals surface area contributed by atoms with E-state index in [4.69, 9.17) is 5.73 Å². The lowest BCUT2D eigenvalue weighted by molar-refractivity contribution is -0.135. The van der Waals surface area contributed by atoms with Crippen LogP contribution in [0.3, 0.4) is 0 Å². The van der Waals surface area contributed by atoms with Crippen LogP contribution in [0.25, 0.3) is 0 Å². The van der Waals surface area contributed by atoms with E-state index >= 15 is 0 Å². The molecule has 0 aromatic heterocycles. The Morgan fingerprint density at radius 2 is 1.90 bits per heavy atom. The Morgan fingerprint density at radius 3 is 2.45 bits per heavy atom. The molecule has 6 nitrogen and oxygen atoms in total. The van der Waals surface area contributed by atoms with Gasteiger partial charge in [0.1, 0.15) is 11.9 Å². The number of benzene rings is 1. The van der Waals surface area contributed by atoms with Crippen molar-refractivity contribution >= 4 is 11.7 Å². The minimum atomic E-state index is -2.23. The number of hydrogen-bond donors (Lipinski definition) is 4. The number of ketones is 1. The number of β-amino-alcohol motifs (C(OH)–C–C–N with tert-alkyl or cyclic N) is 1. The maximum Gasteiger partial charge on any atom is 0.257 e. The molecule has 0 radical (unpaired) electrons. The first-order chi connectivity index (χ1) is 13.4. The van der Waals surface area contributed by atoms with Crippen molar-refractivity contribution in [2.75, 3.05) is 6.54 Å². The number of alkyl halides is 1. The van der Waals surface area contributed by atoms with Crippen LogP contribution in [-0.4, -0.2) is 53.2 Å². The van der Waals surface area contributed by atoms with Crippen molar-refractivity contribution in [2.45, 2.75) is 63.0 Å². The number of halogens is 4. The molecule has 1 aliphatic heterocycles. The number of aliphatic hydroxyl groups is 1. The Hall–Kier alpha value is -2.04. The normalized spacial score (nSPS) is 21.7. The average molecular weight is 419 g/mol. The molecule has 0 spiro atoms. The van der Waals surface area contributed by atoms with Gasteiger partial charge in [0.2, 0.25) is 0 Å². The molecule has 4 atom stereocenters. The number of carbonyl (C=O) groups is 2. The molecule has 29 heavy (non-hydrogen) atoms. The van der Waals surface area contributed by atoms with Gasteiger partial charge in [0.05, 0.1) is 6.10 Å². The van der Waals surface area contributed by atoms with Crippen LogP contribution < -0.4 is 16.4 Å². The highest BCUT2D eigenvalue weighted by atomic mass is 19.2. The lowest BCUT2D eigenvalue weighted by Gasteiger charge is -2.27. The summed E-state index contributed by atoms with van der Waals surface area (Å²) in [5, 5.41) is 14.9. The van der Waals surface area contributed by atoms with Crippen LogP contribution in [-0.2, 0) is 16.0 Å². The number of carbonyl (C=O) groups excluding carboxylic acids is 2. The molecule has 1 aromatic carbocycles. The van der Waals surface area contributed by atoms with Gasteiger partial charge in [0, 0.05) is 31.1 Å². The van der Waals surface area contributed by atoms with Crippen LogP contribution in [0.1, 0.15) is 32.3 Å². The summed E-state index contributed by atoms with van der Waals surface area (Å²) in [7, 11) is 0. The predicted molar refractivity (Wildman–Crippen MR) is 97.2 cm³/mol. The summed E-state index contributed by atoms with van der Waals surface area (Å²) in [4.78, 5) is 24.8. The predicted octanol–water partition coefficient (Wildman–Crippen LogP) is 0.889. The largest absolute Gasteiger partial charge is 0.392 e. The summed E-state index contributed by atoms with van der Waals surface area (Å²) in [5.74, 6) is -5.11. The second-order valence-electron chi connectivity index (χ2n) is 7.82. The van der Waals surface area contributed by atoms with E-state index in [1.165, 1.54) is 0 Å². The van der Waals surface area contributed by atoms with Crippen LogP contribution in [0.4, 0.5) is 17.6 Å². The highest BCUT2D eigenvalue weighted by Gasteiger charge is 2.38. The molecule has 162 valence electrons. The SMILES string of the molecule is CC(C)(F)C(=O)NC(C(=O)CC(N)Cc1cc(F)c(F)cc1F)[C@@H]1C[C@H](O)CN1. The molecular formula is C19H25F4N3O3. The van der Waals surface area contributed by atoms with Crippen molar-refractivity contribution in [3.8, 4) is 0 Å². The smallest absolute Gasteiger partial charge is 0.257 e. The fourth-order valence-corrected chi connectivity index (χ4v) is 3.18. The first-order valence-corrected chi connectivity index (χ1v) is 9.21. The van der Waals surface area contributed by atoms with Crippen molar-refractivity contribution in [1.29, 1.82) is 0 Å². The van der Waals surface area contributed by atoms with Gasteiger partial charge in [-0.2, -0.15) is 0 Å². The van der Waals surface area contributed by atoms with Crippen molar-refractivity contribution in [2.24, 2.45) is 5.73 Å².